The third-order valence-corrected chi connectivity index (χ3v) is 6.37. The van der Waals surface area contributed by atoms with Gasteiger partial charge in [0.2, 0.25) is 0 Å². The molecule has 2 aromatic rings. The van der Waals surface area contributed by atoms with E-state index in [4.69, 9.17) is 21.1 Å². The van der Waals surface area contributed by atoms with Crippen molar-refractivity contribution in [3.8, 4) is 11.5 Å². The van der Waals surface area contributed by atoms with E-state index in [2.05, 4.69) is 17.0 Å². The summed E-state index contributed by atoms with van der Waals surface area (Å²) >= 11 is 6.27. The molecule has 0 aromatic heterocycles. The van der Waals surface area contributed by atoms with Gasteiger partial charge < -0.3 is 19.2 Å². The van der Waals surface area contributed by atoms with Crippen molar-refractivity contribution in [1.82, 2.24) is 4.90 Å². The van der Waals surface area contributed by atoms with Crippen LogP contribution in [0.5, 0.6) is 11.5 Å². The van der Waals surface area contributed by atoms with Crippen LogP contribution in [-0.4, -0.2) is 45.3 Å². The van der Waals surface area contributed by atoms with Crippen molar-refractivity contribution < 1.29 is 14.3 Å². The van der Waals surface area contributed by atoms with Crippen molar-refractivity contribution >= 4 is 31.2 Å². The number of piperidine rings is 1. The lowest BCUT2D eigenvalue weighted by molar-refractivity contribution is -0.108. The zero-order valence-corrected chi connectivity index (χ0v) is 17.0. The van der Waals surface area contributed by atoms with E-state index in [0.29, 0.717) is 13.0 Å². The molecule has 0 amide bonds. The van der Waals surface area contributed by atoms with Gasteiger partial charge in [0.15, 0.2) is 0 Å². The summed E-state index contributed by atoms with van der Waals surface area (Å²) in [7, 11) is 2.05. The molecule has 0 saturated carbocycles. The van der Waals surface area contributed by atoms with Crippen molar-refractivity contribution in [2.75, 3.05) is 26.2 Å². The number of likely N-dealkylation sites (tertiary alicyclic amines) is 1. The topological polar surface area (TPSA) is 38.8 Å². The Labute approximate surface area is 172 Å². The van der Waals surface area contributed by atoms with Crippen molar-refractivity contribution in [2.24, 2.45) is 0 Å². The quantitative estimate of drug-likeness (QED) is 0.554. The van der Waals surface area contributed by atoms with E-state index in [0.717, 1.165) is 67.5 Å². The van der Waals surface area contributed by atoms with Crippen LogP contribution in [0.3, 0.4) is 0 Å². The summed E-state index contributed by atoms with van der Waals surface area (Å²) in [5.41, 5.74) is 3.55. The molecule has 0 N–H and O–H groups in total. The van der Waals surface area contributed by atoms with Gasteiger partial charge in [-0.05, 0) is 38.1 Å². The molecule has 146 valence electrons. The van der Waals surface area contributed by atoms with E-state index in [1.165, 1.54) is 11.0 Å². The van der Waals surface area contributed by atoms with Crippen LogP contribution in [0.15, 0.2) is 36.4 Å². The van der Waals surface area contributed by atoms with E-state index in [-0.39, 0.29) is 5.41 Å². The second-order valence-electron chi connectivity index (χ2n) is 7.91. The van der Waals surface area contributed by atoms with Gasteiger partial charge in [-0.2, -0.15) is 0 Å². The maximum atomic E-state index is 10.6. The number of carbonyl (C=O) groups excluding carboxylic acids is 1. The Hall–Kier alpha value is -1.98. The first-order chi connectivity index (χ1) is 13.6. The van der Waals surface area contributed by atoms with Gasteiger partial charge in [-0.3, -0.25) is 0 Å². The van der Waals surface area contributed by atoms with Crippen LogP contribution in [0.4, 0.5) is 0 Å². The molecule has 2 aliphatic heterocycles. The Balaban J connectivity index is 1.42. The van der Waals surface area contributed by atoms with Gasteiger partial charge in [-0.1, -0.05) is 35.3 Å². The lowest BCUT2D eigenvalue weighted by Crippen LogP contribution is -2.43. The summed E-state index contributed by atoms with van der Waals surface area (Å²) in [5.74, 6) is 1.74. The minimum absolute atomic E-state index is 0.103. The van der Waals surface area contributed by atoms with Gasteiger partial charge in [-0.25, -0.2) is 0 Å². The molecule has 0 unspecified atom stereocenters. The molecule has 0 radical (unpaired) electrons. The first-order valence-electron chi connectivity index (χ1n) is 9.91. The molecule has 4 rings (SSSR count). The number of hydrogen-bond donors (Lipinski definition) is 0. The maximum absolute atomic E-state index is 10.6. The van der Waals surface area contributed by atoms with Crippen LogP contribution in [0.1, 0.15) is 30.4 Å². The van der Waals surface area contributed by atoms with Crippen LogP contribution in [0.2, 0.25) is 5.02 Å². The zero-order valence-electron chi connectivity index (χ0n) is 16.2. The van der Waals surface area contributed by atoms with Gasteiger partial charge in [-0.15, -0.1) is 0 Å². The second kappa shape index (κ2) is 8.18. The largest absolute Gasteiger partial charge is 0.492 e. The molecule has 2 heterocycles. The molecule has 2 aliphatic rings. The fraction of sp³-hybridized carbons (Fsp3) is 0.409. The molecule has 6 heteroatoms. The molecule has 0 atom stereocenters. The predicted octanol–water partition coefficient (Wildman–Crippen LogP) is 2.49. The number of halogens is 1. The first-order valence-corrected chi connectivity index (χ1v) is 10.3. The molecule has 2 aromatic carbocycles. The van der Waals surface area contributed by atoms with E-state index in [9.17, 15) is 4.79 Å². The lowest BCUT2D eigenvalue weighted by Gasteiger charge is -2.38. The third kappa shape index (κ3) is 3.92. The Morgan fingerprint density at radius 2 is 2.04 bits per heavy atom. The highest BCUT2D eigenvalue weighted by molar-refractivity contribution is 6.34. The van der Waals surface area contributed by atoms with Crippen LogP contribution in [0.25, 0.3) is 0 Å². The number of fused-ring (bicyclic) bond motifs is 2. The number of ether oxygens (including phenoxy) is 2. The van der Waals surface area contributed by atoms with Crippen molar-refractivity contribution in [3.05, 3.63) is 52.5 Å². The molecule has 1 fully saturated rings. The van der Waals surface area contributed by atoms with Crippen molar-refractivity contribution in [2.45, 2.75) is 31.3 Å². The summed E-state index contributed by atoms with van der Waals surface area (Å²) in [6.45, 7) is 4.07. The average Bonchev–Trinajstić information content (AvgIpc) is 3.06. The number of rotatable bonds is 6. The molecular formula is C22H25BClNO3. The predicted molar refractivity (Wildman–Crippen MR) is 114 cm³/mol. The number of aldehydes is 1. The third-order valence-electron chi connectivity index (χ3n) is 6.00. The van der Waals surface area contributed by atoms with Gasteiger partial charge in [0.1, 0.15) is 32.2 Å². The van der Waals surface area contributed by atoms with Gasteiger partial charge in [0.05, 0.1) is 6.61 Å². The summed E-state index contributed by atoms with van der Waals surface area (Å²) in [6.07, 6.45) is 3.76. The zero-order chi connectivity index (χ0) is 19.6. The Kier molecular flexibility index (Phi) is 5.65. The van der Waals surface area contributed by atoms with Gasteiger partial charge >= 0.3 is 0 Å². The number of hydrogen-bond acceptors (Lipinski definition) is 4. The molecular weight excluding hydrogens is 373 g/mol. The molecule has 1 spiro atoms. The molecule has 4 nitrogen and oxygen atoms in total. The lowest BCUT2D eigenvalue weighted by atomic mass is 9.74. The minimum Gasteiger partial charge on any atom is -0.492 e. The fourth-order valence-corrected chi connectivity index (χ4v) is 4.44. The summed E-state index contributed by atoms with van der Waals surface area (Å²) in [5, 5.41) is 0.725. The highest BCUT2D eigenvalue weighted by Crippen LogP contribution is 2.46. The average molecular weight is 398 g/mol. The summed E-state index contributed by atoms with van der Waals surface area (Å²) < 4.78 is 12.0. The van der Waals surface area contributed by atoms with E-state index in [1.807, 2.05) is 32.1 Å². The van der Waals surface area contributed by atoms with Crippen LogP contribution in [0, 0.1) is 0 Å². The van der Waals surface area contributed by atoms with Crippen molar-refractivity contribution in [3.63, 3.8) is 0 Å². The number of carbonyl (C=O) groups is 1. The van der Waals surface area contributed by atoms with E-state index >= 15 is 0 Å². The van der Waals surface area contributed by atoms with Gasteiger partial charge in [0, 0.05) is 40.6 Å². The Morgan fingerprint density at radius 3 is 2.82 bits per heavy atom. The summed E-state index contributed by atoms with van der Waals surface area (Å²) in [4.78, 5) is 13.0. The van der Waals surface area contributed by atoms with Crippen LogP contribution >= 0.6 is 11.6 Å². The molecule has 28 heavy (non-hydrogen) atoms. The first kappa shape index (κ1) is 19.3. The van der Waals surface area contributed by atoms with E-state index in [1.54, 1.807) is 0 Å². The minimum atomic E-state index is 0.103. The SMILES string of the molecule is Bc1ccc(Cl)c(COc2ccc3c(c2)OCC32CCN(CCC=O)CC2)c1. The molecule has 0 bridgehead atoms. The number of nitrogens with zero attached hydrogens (tertiary/aromatic N) is 1. The number of benzene rings is 2. The highest BCUT2D eigenvalue weighted by Gasteiger charge is 2.43. The monoisotopic (exact) mass is 397 g/mol. The molecule has 0 aliphatic carbocycles. The fourth-order valence-electron chi connectivity index (χ4n) is 4.27. The Morgan fingerprint density at radius 1 is 1.21 bits per heavy atom. The van der Waals surface area contributed by atoms with Crippen molar-refractivity contribution in [1.29, 1.82) is 0 Å². The van der Waals surface area contributed by atoms with Crippen LogP contribution in [-0.2, 0) is 16.8 Å². The van der Waals surface area contributed by atoms with Gasteiger partial charge in [0.25, 0.3) is 0 Å². The Bertz CT molecular complexity index is 865. The summed E-state index contributed by atoms with van der Waals surface area (Å²) in [6, 6.07) is 12.2. The highest BCUT2D eigenvalue weighted by atomic mass is 35.5. The second-order valence-corrected chi connectivity index (χ2v) is 8.31. The normalized spacial score (nSPS) is 17.9. The standard InChI is InChI=1S/C22H25BClNO3/c23-17-2-5-20(24)16(12-17)14-27-18-3-4-19-21(13-18)28-15-22(19)6-9-25(10-7-22)8-1-11-26/h2-5,11-13H,1,6-10,14-15,23H2. The smallest absolute Gasteiger partial charge is 0.139 e. The maximum Gasteiger partial charge on any atom is 0.139 e. The van der Waals surface area contributed by atoms with E-state index < -0.39 is 0 Å². The van der Waals surface area contributed by atoms with Crippen LogP contribution < -0.4 is 14.9 Å². The molecule has 1 saturated heterocycles.